The summed E-state index contributed by atoms with van der Waals surface area (Å²) in [6, 6.07) is 0. The van der Waals surface area contributed by atoms with Crippen LogP contribution in [-0.2, 0) is 9.53 Å². The molecule has 22 heavy (non-hydrogen) atoms. The third-order valence-corrected chi connectivity index (χ3v) is 4.24. The number of anilines is 1. The summed E-state index contributed by atoms with van der Waals surface area (Å²) >= 11 is 0. The first-order chi connectivity index (χ1) is 10.8. The zero-order valence-electron chi connectivity index (χ0n) is 13.0. The van der Waals surface area contributed by atoms with Crippen molar-refractivity contribution in [1.82, 2.24) is 19.8 Å². The summed E-state index contributed by atoms with van der Waals surface area (Å²) in [5.74, 6) is 0.964. The molecule has 2 fully saturated rings. The van der Waals surface area contributed by atoms with Crippen LogP contribution in [0.2, 0.25) is 0 Å². The monoisotopic (exact) mass is 305 g/mol. The summed E-state index contributed by atoms with van der Waals surface area (Å²) in [6.07, 6.45) is 5.45. The normalized spacial score (nSPS) is 22.8. The van der Waals surface area contributed by atoms with Crippen molar-refractivity contribution in [3.8, 4) is 0 Å². The molecule has 0 saturated carbocycles. The van der Waals surface area contributed by atoms with E-state index < -0.39 is 0 Å². The Morgan fingerprint density at radius 1 is 1.32 bits per heavy atom. The van der Waals surface area contributed by atoms with Crippen LogP contribution in [0.15, 0.2) is 12.4 Å². The maximum Gasteiger partial charge on any atom is 0.236 e. The first-order valence-electron chi connectivity index (χ1n) is 7.88. The van der Waals surface area contributed by atoms with Crippen molar-refractivity contribution in [3.63, 3.8) is 0 Å². The Balaban J connectivity index is 1.62. The van der Waals surface area contributed by atoms with Crippen LogP contribution in [0, 0.1) is 0 Å². The molecule has 0 aliphatic carbocycles. The molecule has 0 unspecified atom stereocenters. The van der Waals surface area contributed by atoms with E-state index in [4.69, 9.17) is 4.74 Å². The van der Waals surface area contributed by atoms with Gasteiger partial charge in [-0.1, -0.05) is 0 Å². The maximum absolute atomic E-state index is 12.3. The van der Waals surface area contributed by atoms with Crippen molar-refractivity contribution in [2.75, 3.05) is 51.7 Å². The summed E-state index contributed by atoms with van der Waals surface area (Å²) in [5, 5.41) is 3.05. The molecular weight excluding hydrogens is 282 g/mol. The Morgan fingerprint density at radius 2 is 2.09 bits per heavy atom. The van der Waals surface area contributed by atoms with Gasteiger partial charge in [-0.3, -0.25) is 14.7 Å². The molecule has 3 rings (SSSR count). The van der Waals surface area contributed by atoms with E-state index in [0.717, 1.165) is 44.0 Å². The van der Waals surface area contributed by atoms with Crippen molar-refractivity contribution in [2.45, 2.75) is 18.9 Å². The lowest BCUT2D eigenvalue weighted by molar-refractivity contribution is -0.133. The predicted octanol–water partition coefficient (Wildman–Crippen LogP) is 0.514. The number of hydrogen-bond donors (Lipinski definition) is 1. The van der Waals surface area contributed by atoms with Gasteiger partial charge in [-0.25, -0.2) is 4.98 Å². The minimum atomic E-state index is -0.142. The maximum atomic E-state index is 12.3. The third-order valence-electron chi connectivity index (χ3n) is 4.24. The molecule has 2 aliphatic heterocycles. The van der Waals surface area contributed by atoms with Crippen molar-refractivity contribution in [1.29, 1.82) is 0 Å². The minimum absolute atomic E-state index is 0.142. The van der Waals surface area contributed by atoms with E-state index in [1.807, 2.05) is 11.9 Å². The Labute approximate surface area is 130 Å². The van der Waals surface area contributed by atoms with E-state index in [9.17, 15) is 4.79 Å². The van der Waals surface area contributed by atoms with Crippen LogP contribution in [-0.4, -0.2) is 72.1 Å². The van der Waals surface area contributed by atoms with Gasteiger partial charge in [0.1, 0.15) is 17.6 Å². The van der Waals surface area contributed by atoms with E-state index in [-0.39, 0.29) is 12.0 Å². The Kier molecular flexibility index (Phi) is 4.84. The number of ether oxygens (including phenoxy) is 1. The molecule has 7 nitrogen and oxygen atoms in total. The molecule has 1 atom stereocenters. The summed E-state index contributed by atoms with van der Waals surface area (Å²) < 4.78 is 5.83. The lowest BCUT2D eigenvalue weighted by Crippen LogP contribution is -2.45. The number of nitrogens with zero attached hydrogens (tertiary/aromatic N) is 4. The van der Waals surface area contributed by atoms with Gasteiger partial charge in [-0.15, -0.1) is 0 Å². The molecule has 0 bridgehead atoms. The van der Waals surface area contributed by atoms with Crippen LogP contribution in [0.5, 0.6) is 0 Å². The lowest BCUT2D eigenvalue weighted by Gasteiger charge is -2.33. The molecule has 7 heteroatoms. The summed E-state index contributed by atoms with van der Waals surface area (Å²) in [4.78, 5) is 25.1. The van der Waals surface area contributed by atoms with E-state index >= 15 is 0 Å². The predicted molar refractivity (Wildman–Crippen MR) is 82.5 cm³/mol. The Hall–Kier alpha value is -1.73. The second-order valence-electron chi connectivity index (χ2n) is 5.72. The first-order valence-corrected chi connectivity index (χ1v) is 7.88. The summed E-state index contributed by atoms with van der Waals surface area (Å²) in [7, 11) is 1.82. The van der Waals surface area contributed by atoms with Crippen molar-refractivity contribution in [3.05, 3.63) is 18.1 Å². The van der Waals surface area contributed by atoms with Crippen molar-refractivity contribution < 1.29 is 9.53 Å². The quantitative estimate of drug-likeness (QED) is 0.874. The molecule has 0 aromatic carbocycles. The SMILES string of the molecule is CNc1nccnc1[C@H]1CN(CC(=O)N2CCCC2)CCO1. The van der Waals surface area contributed by atoms with E-state index in [2.05, 4.69) is 20.2 Å². The molecule has 0 spiro atoms. The van der Waals surface area contributed by atoms with Crippen molar-refractivity contribution in [2.24, 2.45) is 0 Å². The van der Waals surface area contributed by atoms with E-state index in [1.54, 1.807) is 12.4 Å². The van der Waals surface area contributed by atoms with Gasteiger partial charge >= 0.3 is 0 Å². The number of aromatic nitrogens is 2. The fourth-order valence-electron chi connectivity index (χ4n) is 3.05. The molecule has 1 aromatic rings. The smallest absolute Gasteiger partial charge is 0.236 e. The van der Waals surface area contributed by atoms with Crippen LogP contribution in [0.4, 0.5) is 5.82 Å². The van der Waals surface area contributed by atoms with Crippen molar-refractivity contribution >= 4 is 11.7 Å². The number of hydrogen-bond acceptors (Lipinski definition) is 6. The highest BCUT2D eigenvalue weighted by Gasteiger charge is 2.28. The average Bonchev–Trinajstić information content (AvgIpc) is 3.10. The van der Waals surface area contributed by atoms with E-state index in [1.165, 1.54) is 0 Å². The van der Waals surface area contributed by atoms with Gasteiger partial charge < -0.3 is 15.0 Å². The number of carbonyl (C=O) groups excluding carboxylic acids is 1. The van der Waals surface area contributed by atoms with Gasteiger partial charge in [0.15, 0.2) is 0 Å². The summed E-state index contributed by atoms with van der Waals surface area (Å²) in [5.41, 5.74) is 0.809. The zero-order chi connectivity index (χ0) is 15.4. The van der Waals surface area contributed by atoms with Gasteiger partial charge in [-0.05, 0) is 12.8 Å². The second kappa shape index (κ2) is 7.02. The Morgan fingerprint density at radius 3 is 2.86 bits per heavy atom. The second-order valence-corrected chi connectivity index (χ2v) is 5.72. The molecule has 0 radical (unpaired) electrons. The summed E-state index contributed by atoms with van der Waals surface area (Å²) in [6.45, 7) is 4.34. The number of carbonyl (C=O) groups is 1. The molecule has 2 aliphatic rings. The first kappa shape index (κ1) is 15.2. The average molecular weight is 305 g/mol. The molecule has 1 N–H and O–H groups in total. The number of rotatable bonds is 4. The van der Waals surface area contributed by atoms with Crippen LogP contribution >= 0.6 is 0 Å². The fourth-order valence-corrected chi connectivity index (χ4v) is 3.05. The fraction of sp³-hybridized carbons (Fsp3) is 0.667. The third kappa shape index (κ3) is 3.36. The lowest BCUT2D eigenvalue weighted by atomic mass is 10.2. The van der Waals surface area contributed by atoms with Gasteiger partial charge in [-0.2, -0.15) is 0 Å². The molecule has 3 heterocycles. The van der Waals surface area contributed by atoms with Crippen LogP contribution in [0.25, 0.3) is 0 Å². The van der Waals surface area contributed by atoms with Gasteiger partial charge in [0.05, 0.1) is 13.2 Å². The highest BCUT2D eigenvalue weighted by molar-refractivity contribution is 5.78. The topological polar surface area (TPSA) is 70.6 Å². The largest absolute Gasteiger partial charge is 0.372 e. The highest BCUT2D eigenvalue weighted by atomic mass is 16.5. The number of nitrogens with one attached hydrogen (secondary N) is 1. The molecule has 1 amide bonds. The Bertz CT molecular complexity index is 518. The van der Waals surface area contributed by atoms with E-state index in [0.29, 0.717) is 19.7 Å². The molecule has 1 aromatic heterocycles. The zero-order valence-corrected chi connectivity index (χ0v) is 13.0. The van der Waals surface area contributed by atoms with Crippen LogP contribution in [0.1, 0.15) is 24.6 Å². The molecular formula is C15H23N5O2. The number of amides is 1. The van der Waals surface area contributed by atoms with Crippen LogP contribution < -0.4 is 5.32 Å². The van der Waals surface area contributed by atoms with Gasteiger partial charge in [0.2, 0.25) is 5.91 Å². The minimum Gasteiger partial charge on any atom is -0.372 e. The number of likely N-dealkylation sites (tertiary alicyclic amines) is 1. The highest BCUT2D eigenvalue weighted by Crippen LogP contribution is 2.25. The number of morpholine rings is 1. The van der Waals surface area contributed by atoms with Gasteiger partial charge in [0, 0.05) is 45.6 Å². The van der Waals surface area contributed by atoms with Crippen LogP contribution in [0.3, 0.4) is 0 Å². The standard InChI is InChI=1S/C15H23N5O2/c1-16-15-14(17-4-5-18-15)12-10-19(8-9-22-12)11-13(21)20-6-2-3-7-20/h4-5,12H,2-3,6-11H2,1H3,(H,16,18)/t12-/m1/s1. The van der Waals surface area contributed by atoms with Gasteiger partial charge in [0.25, 0.3) is 0 Å². The molecule has 120 valence electrons. The molecule has 2 saturated heterocycles.